The molecule has 2 amide bonds. The molecule has 168 valence electrons. The number of rotatable bonds is 4. The number of amides is 2. The minimum absolute atomic E-state index is 0.104. The number of phenolic OH excluding ortho intramolecular Hbond substituents is 1. The first-order valence-electron chi connectivity index (χ1n) is 9.94. The summed E-state index contributed by atoms with van der Waals surface area (Å²) in [6, 6.07) is 7.59. The van der Waals surface area contributed by atoms with Gasteiger partial charge in [-0.1, -0.05) is 29.3 Å². The van der Waals surface area contributed by atoms with Gasteiger partial charge in [0.25, 0.3) is 0 Å². The number of phenols is 1. The molecule has 2 heterocycles. The van der Waals surface area contributed by atoms with Crippen LogP contribution in [0.1, 0.15) is 11.4 Å². The van der Waals surface area contributed by atoms with Crippen molar-refractivity contribution in [1.82, 2.24) is 25.0 Å². The van der Waals surface area contributed by atoms with E-state index in [0.717, 1.165) is 5.56 Å². The molecule has 11 heteroatoms. The van der Waals surface area contributed by atoms with E-state index in [1.54, 1.807) is 34.9 Å². The molecule has 2 N–H and O–H groups in total. The van der Waals surface area contributed by atoms with Crippen molar-refractivity contribution in [3.63, 3.8) is 0 Å². The van der Waals surface area contributed by atoms with E-state index in [2.05, 4.69) is 15.4 Å². The molecule has 0 radical (unpaired) electrons. The SMILES string of the molecule is Cc1ncn(-c2cc(F)c(N3CCN(C(=O)NCc4ccc(Cl)c(Cl)c4)CC3)cc2O)n1. The molecule has 2 aromatic carbocycles. The molecule has 1 fully saturated rings. The van der Waals surface area contributed by atoms with Crippen LogP contribution in [0, 0.1) is 12.7 Å². The third-order valence-corrected chi connectivity index (χ3v) is 5.97. The maximum Gasteiger partial charge on any atom is 0.317 e. The van der Waals surface area contributed by atoms with Gasteiger partial charge in [0.2, 0.25) is 0 Å². The highest BCUT2D eigenvalue weighted by Crippen LogP contribution is 2.31. The van der Waals surface area contributed by atoms with Crippen molar-refractivity contribution < 1.29 is 14.3 Å². The first-order valence-corrected chi connectivity index (χ1v) is 10.7. The van der Waals surface area contributed by atoms with Gasteiger partial charge in [-0.25, -0.2) is 18.9 Å². The Balaban J connectivity index is 1.36. The zero-order chi connectivity index (χ0) is 22.8. The Morgan fingerprint density at radius 2 is 1.88 bits per heavy atom. The van der Waals surface area contributed by atoms with Crippen LogP contribution in [-0.2, 0) is 6.54 Å². The maximum absolute atomic E-state index is 14.8. The fourth-order valence-electron chi connectivity index (χ4n) is 3.52. The minimum Gasteiger partial charge on any atom is -0.506 e. The van der Waals surface area contributed by atoms with Gasteiger partial charge in [-0.3, -0.25) is 0 Å². The highest BCUT2D eigenvalue weighted by atomic mass is 35.5. The van der Waals surface area contributed by atoms with Crippen molar-refractivity contribution >= 4 is 34.9 Å². The van der Waals surface area contributed by atoms with Gasteiger partial charge in [0.15, 0.2) is 0 Å². The number of hydrogen-bond donors (Lipinski definition) is 2. The number of anilines is 1. The summed E-state index contributed by atoms with van der Waals surface area (Å²) < 4.78 is 16.1. The molecule has 32 heavy (non-hydrogen) atoms. The largest absolute Gasteiger partial charge is 0.506 e. The average molecular weight is 479 g/mol. The van der Waals surface area contributed by atoms with E-state index in [1.165, 1.54) is 23.1 Å². The third-order valence-electron chi connectivity index (χ3n) is 5.23. The van der Waals surface area contributed by atoms with Crippen LogP contribution in [0.25, 0.3) is 5.69 Å². The number of benzene rings is 2. The van der Waals surface area contributed by atoms with Gasteiger partial charge in [0.1, 0.15) is 29.4 Å². The zero-order valence-electron chi connectivity index (χ0n) is 17.2. The molecule has 1 aliphatic heterocycles. The van der Waals surface area contributed by atoms with Crippen molar-refractivity contribution in [2.75, 3.05) is 31.1 Å². The molecule has 4 rings (SSSR count). The Hall–Kier alpha value is -3.04. The second-order valence-electron chi connectivity index (χ2n) is 7.41. The summed E-state index contributed by atoms with van der Waals surface area (Å²) in [5, 5.41) is 18.2. The number of carbonyl (C=O) groups is 1. The average Bonchev–Trinajstić information content (AvgIpc) is 3.21. The quantitative estimate of drug-likeness (QED) is 0.595. The Kier molecular flexibility index (Phi) is 6.38. The summed E-state index contributed by atoms with van der Waals surface area (Å²) in [4.78, 5) is 20.0. The summed E-state index contributed by atoms with van der Waals surface area (Å²) >= 11 is 11.9. The standard InChI is InChI=1S/C21H21Cl2FN6O2/c1-13-26-12-30(27-13)19-9-17(24)18(10-20(19)31)28-4-6-29(7-5-28)21(32)25-11-14-2-3-15(22)16(23)8-14/h2-3,8-10,12,31H,4-7,11H2,1H3,(H,25,32). The topological polar surface area (TPSA) is 86.5 Å². The highest BCUT2D eigenvalue weighted by molar-refractivity contribution is 6.42. The number of aromatic nitrogens is 3. The van der Waals surface area contributed by atoms with E-state index in [4.69, 9.17) is 23.2 Å². The molecule has 1 aromatic heterocycles. The lowest BCUT2D eigenvalue weighted by atomic mass is 10.2. The predicted molar refractivity (Wildman–Crippen MR) is 120 cm³/mol. The van der Waals surface area contributed by atoms with Crippen molar-refractivity contribution in [1.29, 1.82) is 0 Å². The predicted octanol–water partition coefficient (Wildman–Crippen LogP) is 3.76. The van der Waals surface area contributed by atoms with E-state index in [1.807, 2.05) is 0 Å². The molecule has 0 saturated carbocycles. The lowest BCUT2D eigenvalue weighted by molar-refractivity contribution is 0.194. The van der Waals surface area contributed by atoms with Crippen LogP contribution in [0.4, 0.5) is 14.9 Å². The van der Waals surface area contributed by atoms with E-state index in [-0.39, 0.29) is 23.2 Å². The summed E-state index contributed by atoms with van der Waals surface area (Å²) in [6.07, 6.45) is 1.42. The second kappa shape index (κ2) is 9.22. The van der Waals surface area contributed by atoms with Crippen LogP contribution in [0.3, 0.4) is 0 Å². The highest BCUT2D eigenvalue weighted by Gasteiger charge is 2.24. The van der Waals surface area contributed by atoms with E-state index >= 15 is 0 Å². The molecule has 1 aliphatic rings. The van der Waals surface area contributed by atoms with Crippen LogP contribution in [-0.4, -0.2) is 57.0 Å². The smallest absolute Gasteiger partial charge is 0.317 e. The van der Waals surface area contributed by atoms with E-state index in [0.29, 0.717) is 48.6 Å². The van der Waals surface area contributed by atoms with Gasteiger partial charge in [0.05, 0.1) is 15.7 Å². The number of aryl methyl sites for hydroxylation is 1. The van der Waals surface area contributed by atoms with Crippen molar-refractivity contribution in [2.45, 2.75) is 13.5 Å². The lowest BCUT2D eigenvalue weighted by Gasteiger charge is -2.36. The molecular weight excluding hydrogens is 458 g/mol. The fraction of sp³-hybridized carbons (Fsp3) is 0.286. The number of nitrogens with zero attached hydrogens (tertiary/aromatic N) is 5. The summed E-state index contributed by atoms with van der Waals surface area (Å²) in [7, 11) is 0. The van der Waals surface area contributed by atoms with Crippen molar-refractivity contribution in [2.24, 2.45) is 0 Å². The number of halogens is 3. The molecule has 0 atom stereocenters. The summed E-state index contributed by atoms with van der Waals surface area (Å²) in [5.74, 6) is -0.0704. The molecule has 0 unspecified atom stereocenters. The Morgan fingerprint density at radius 3 is 2.53 bits per heavy atom. The van der Waals surface area contributed by atoms with E-state index < -0.39 is 5.82 Å². The fourth-order valence-corrected chi connectivity index (χ4v) is 3.84. The minimum atomic E-state index is -0.483. The normalized spacial score (nSPS) is 14.0. The molecule has 3 aromatic rings. The Labute approximate surface area is 194 Å². The summed E-state index contributed by atoms with van der Waals surface area (Å²) in [5.41, 5.74) is 1.33. The van der Waals surface area contributed by atoms with Crippen LogP contribution >= 0.6 is 23.2 Å². The van der Waals surface area contributed by atoms with Crippen molar-refractivity contribution in [3.8, 4) is 11.4 Å². The number of carbonyl (C=O) groups excluding carboxylic acids is 1. The molecule has 0 aliphatic carbocycles. The first-order chi connectivity index (χ1) is 15.3. The van der Waals surface area contributed by atoms with E-state index in [9.17, 15) is 14.3 Å². The van der Waals surface area contributed by atoms with Gasteiger partial charge in [-0.2, -0.15) is 5.10 Å². The zero-order valence-corrected chi connectivity index (χ0v) is 18.7. The Bertz CT molecular complexity index is 1150. The van der Waals surface area contributed by atoms with Crippen LogP contribution in [0.2, 0.25) is 10.0 Å². The molecule has 8 nitrogen and oxygen atoms in total. The molecule has 1 saturated heterocycles. The first kappa shape index (κ1) is 22.2. The van der Waals surface area contributed by atoms with Crippen LogP contribution in [0.5, 0.6) is 5.75 Å². The Morgan fingerprint density at radius 1 is 1.12 bits per heavy atom. The summed E-state index contributed by atoms with van der Waals surface area (Å²) in [6.45, 7) is 3.71. The van der Waals surface area contributed by atoms with Crippen molar-refractivity contribution in [3.05, 3.63) is 63.9 Å². The monoisotopic (exact) mass is 478 g/mol. The molecule has 0 bridgehead atoms. The van der Waals surface area contributed by atoms with Gasteiger partial charge in [0, 0.05) is 44.9 Å². The molecule has 0 spiro atoms. The number of nitrogens with one attached hydrogen (secondary N) is 1. The number of piperazine rings is 1. The van der Waals surface area contributed by atoms with Gasteiger partial charge >= 0.3 is 6.03 Å². The molecular formula is C21H21Cl2FN6O2. The van der Waals surface area contributed by atoms with Crippen LogP contribution in [0.15, 0.2) is 36.7 Å². The van der Waals surface area contributed by atoms with Gasteiger partial charge in [-0.15, -0.1) is 0 Å². The number of hydrogen-bond acceptors (Lipinski definition) is 5. The maximum atomic E-state index is 14.8. The number of aromatic hydroxyl groups is 1. The van der Waals surface area contributed by atoms with Gasteiger partial charge in [-0.05, 0) is 24.6 Å². The van der Waals surface area contributed by atoms with Gasteiger partial charge < -0.3 is 20.2 Å². The number of urea groups is 1. The van der Waals surface area contributed by atoms with Crippen LogP contribution < -0.4 is 10.2 Å². The second-order valence-corrected chi connectivity index (χ2v) is 8.22. The lowest BCUT2D eigenvalue weighted by Crippen LogP contribution is -2.51. The third kappa shape index (κ3) is 4.73.